The van der Waals surface area contributed by atoms with Crippen LogP contribution in [0.1, 0.15) is 46.0 Å². The number of rotatable bonds is 4. The molecule has 0 radical (unpaired) electrons. The molecule has 1 aromatic heterocycles. The summed E-state index contributed by atoms with van der Waals surface area (Å²) < 4.78 is 0. The van der Waals surface area contributed by atoms with Crippen molar-refractivity contribution in [2.45, 2.75) is 52.0 Å². The largest absolute Gasteiger partial charge is 0.368 e. The molecular formula is C15H26N6. The van der Waals surface area contributed by atoms with Gasteiger partial charge in [0.05, 0.1) is 0 Å². The molecule has 21 heavy (non-hydrogen) atoms. The van der Waals surface area contributed by atoms with Crippen LogP contribution in [0.4, 0.5) is 17.8 Å². The monoisotopic (exact) mass is 290 g/mol. The first kappa shape index (κ1) is 14.4. The van der Waals surface area contributed by atoms with E-state index in [1.165, 1.54) is 32.1 Å². The lowest BCUT2D eigenvalue weighted by atomic mass is 9.94. The summed E-state index contributed by atoms with van der Waals surface area (Å²) in [5, 5.41) is 3.49. The van der Waals surface area contributed by atoms with Crippen LogP contribution < -0.4 is 16.0 Å². The summed E-state index contributed by atoms with van der Waals surface area (Å²) >= 11 is 0. The van der Waals surface area contributed by atoms with E-state index in [4.69, 9.17) is 5.73 Å². The Bertz CT molecular complexity index is 485. The molecule has 1 aliphatic heterocycles. The summed E-state index contributed by atoms with van der Waals surface area (Å²) in [4.78, 5) is 15.3. The van der Waals surface area contributed by atoms with Crippen molar-refractivity contribution in [1.82, 2.24) is 15.0 Å². The van der Waals surface area contributed by atoms with Gasteiger partial charge in [-0.2, -0.15) is 15.0 Å². The van der Waals surface area contributed by atoms with Gasteiger partial charge >= 0.3 is 0 Å². The number of hydrogen-bond donors (Lipinski definition) is 2. The van der Waals surface area contributed by atoms with Crippen LogP contribution in [-0.2, 0) is 0 Å². The maximum atomic E-state index is 5.86. The maximum Gasteiger partial charge on any atom is 0.231 e. The van der Waals surface area contributed by atoms with Crippen molar-refractivity contribution in [3.8, 4) is 0 Å². The fourth-order valence-electron chi connectivity index (χ4n) is 3.70. The normalized spacial score (nSPS) is 29.0. The first-order valence-electron chi connectivity index (χ1n) is 8.20. The van der Waals surface area contributed by atoms with Gasteiger partial charge in [0.25, 0.3) is 0 Å². The highest BCUT2D eigenvalue weighted by Crippen LogP contribution is 2.35. The summed E-state index contributed by atoms with van der Waals surface area (Å²) in [5.41, 5.74) is 5.86. The molecule has 6 nitrogen and oxygen atoms in total. The number of nitrogens with zero attached hydrogens (tertiary/aromatic N) is 4. The Morgan fingerprint density at radius 1 is 1.19 bits per heavy atom. The van der Waals surface area contributed by atoms with Crippen LogP contribution in [-0.4, -0.2) is 34.1 Å². The van der Waals surface area contributed by atoms with Gasteiger partial charge in [0.2, 0.25) is 17.8 Å². The molecule has 2 fully saturated rings. The van der Waals surface area contributed by atoms with E-state index in [1.807, 2.05) is 0 Å². The molecule has 0 aromatic carbocycles. The number of nitrogen functional groups attached to an aromatic ring is 1. The number of nitrogens with two attached hydrogens (primary N) is 1. The molecule has 2 heterocycles. The molecule has 0 spiro atoms. The highest BCUT2D eigenvalue weighted by Gasteiger charge is 2.32. The Balaban J connectivity index is 1.73. The van der Waals surface area contributed by atoms with E-state index in [0.29, 0.717) is 23.9 Å². The van der Waals surface area contributed by atoms with Crippen LogP contribution in [0.25, 0.3) is 0 Å². The van der Waals surface area contributed by atoms with Crippen LogP contribution in [0.2, 0.25) is 0 Å². The molecule has 116 valence electrons. The summed E-state index contributed by atoms with van der Waals surface area (Å²) in [6.45, 7) is 6.63. The zero-order valence-corrected chi connectivity index (χ0v) is 13.0. The molecule has 1 saturated carbocycles. The minimum Gasteiger partial charge on any atom is -0.368 e. The van der Waals surface area contributed by atoms with Crippen molar-refractivity contribution in [1.29, 1.82) is 0 Å². The molecule has 0 bridgehead atoms. The molecule has 3 rings (SSSR count). The van der Waals surface area contributed by atoms with E-state index < -0.39 is 0 Å². The summed E-state index contributed by atoms with van der Waals surface area (Å²) in [6, 6.07) is 0.447. The first-order valence-corrected chi connectivity index (χ1v) is 8.20. The van der Waals surface area contributed by atoms with Gasteiger partial charge in [0, 0.05) is 19.1 Å². The SMILES string of the molecule is CCC1CCC(Nc2nc(N)nc(N3CCCC3)n2)C1C. The Kier molecular flexibility index (Phi) is 4.12. The number of aromatic nitrogens is 3. The molecule has 2 aliphatic rings. The summed E-state index contributed by atoms with van der Waals surface area (Å²) in [5.74, 6) is 3.13. The second kappa shape index (κ2) is 6.03. The smallest absolute Gasteiger partial charge is 0.231 e. The number of hydrogen-bond acceptors (Lipinski definition) is 6. The third-order valence-electron chi connectivity index (χ3n) is 5.10. The Morgan fingerprint density at radius 2 is 1.95 bits per heavy atom. The van der Waals surface area contributed by atoms with Crippen molar-refractivity contribution >= 4 is 17.8 Å². The third-order valence-corrected chi connectivity index (χ3v) is 5.10. The minimum atomic E-state index is 0.312. The predicted octanol–water partition coefficient (Wildman–Crippen LogP) is 2.29. The van der Waals surface area contributed by atoms with E-state index in [0.717, 1.165) is 25.0 Å². The minimum absolute atomic E-state index is 0.312. The molecule has 3 N–H and O–H groups in total. The van der Waals surface area contributed by atoms with Crippen LogP contribution in [0.5, 0.6) is 0 Å². The molecule has 1 saturated heterocycles. The third kappa shape index (κ3) is 3.04. The Morgan fingerprint density at radius 3 is 2.62 bits per heavy atom. The fraction of sp³-hybridized carbons (Fsp3) is 0.800. The quantitative estimate of drug-likeness (QED) is 0.885. The lowest BCUT2D eigenvalue weighted by Crippen LogP contribution is -2.27. The van der Waals surface area contributed by atoms with Gasteiger partial charge in [-0.15, -0.1) is 0 Å². The van der Waals surface area contributed by atoms with Crippen molar-refractivity contribution in [2.75, 3.05) is 29.0 Å². The van der Waals surface area contributed by atoms with Crippen LogP contribution in [0.3, 0.4) is 0 Å². The van der Waals surface area contributed by atoms with Gasteiger partial charge in [-0.3, -0.25) is 0 Å². The van der Waals surface area contributed by atoms with Gasteiger partial charge < -0.3 is 16.0 Å². The van der Waals surface area contributed by atoms with Crippen LogP contribution in [0, 0.1) is 11.8 Å². The highest BCUT2D eigenvalue weighted by atomic mass is 15.3. The number of nitrogens with one attached hydrogen (secondary N) is 1. The second-order valence-corrected chi connectivity index (χ2v) is 6.37. The van der Waals surface area contributed by atoms with Crippen molar-refractivity contribution in [2.24, 2.45) is 11.8 Å². The molecular weight excluding hydrogens is 264 g/mol. The van der Waals surface area contributed by atoms with E-state index >= 15 is 0 Å². The topological polar surface area (TPSA) is 80.0 Å². The molecule has 3 atom stereocenters. The standard InChI is InChI=1S/C15H26N6/c1-3-11-6-7-12(10(11)2)17-14-18-13(16)19-15(20-14)21-8-4-5-9-21/h10-12H,3-9H2,1-2H3,(H3,16,17,18,19,20). The van der Waals surface area contributed by atoms with E-state index in [1.54, 1.807) is 0 Å². The fourth-order valence-corrected chi connectivity index (χ4v) is 3.70. The zero-order chi connectivity index (χ0) is 14.8. The van der Waals surface area contributed by atoms with Crippen LogP contribution in [0.15, 0.2) is 0 Å². The second-order valence-electron chi connectivity index (χ2n) is 6.37. The molecule has 1 aromatic rings. The summed E-state index contributed by atoms with van der Waals surface area (Å²) in [6.07, 6.45) is 6.12. The Labute approximate surface area is 126 Å². The first-order chi connectivity index (χ1) is 10.2. The van der Waals surface area contributed by atoms with Gasteiger partial charge in [-0.25, -0.2) is 0 Å². The van der Waals surface area contributed by atoms with E-state index in [2.05, 4.69) is 39.0 Å². The van der Waals surface area contributed by atoms with Crippen molar-refractivity contribution < 1.29 is 0 Å². The van der Waals surface area contributed by atoms with Gasteiger partial charge in [-0.05, 0) is 37.5 Å². The van der Waals surface area contributed by atoms with Gasteiger partial charge in [0.1, 0.15) is 0 Å². The molecule has 0 amide bonds. The van der Waals surface area contributed by atoms with Crippen molar-refractivity contribution in [3.05, 3.63) is 0 Å². The maximum absolute atomic E-state index is 5.86. The average molecular weight is 290 g/mol. The highest BCUT2D eigenvalue weighted by molar-refractivity contribution is 5.43. The predicted molar refractivity (Wildman–Crippen MR) is 85.3 cm³/mol. The van der Waals surface area contributed by atoms with Crippen LogP contribution >= 0.6 is 0 Å². The van der Waals surface area contributed by atoms with E-state index in [9.17, 15) is 0 Å². The van der Waals surface area contributed by atoms with Gasteiger partial charge in [0.15, 0.2) is 0 Å². The Hall–Kier alpha value is -1.59. The van der Waals surface area contributed by atoms with Crippen molar-refractivity contribution in [3.63, 3.8) is 0 Å². The lowest BCUT2D eigenvalue weighted by molar-refractivity contribution is 0.391. The summed E-state index contributed by atoms with van der Waals surface area (Å²) in [7, 11) is 0. The molecule has 1 aliphatic carbocycles. The zero-order valence-electron chi connectivity index (χ0n) is 13.0. The molecule has 6 heteroatoms. The number of anilines is 3. The average Bonchev–Trinajstić information content (AvgIpc) is 3.09. The van der Waals surface area contributed by atoms with E-state index in [-0.39, 0.29) is 0 Å². The van der Waals surface area contributed by atoms with Gasteiger partial charge in [-0.1, -0.05) is 20.3 Å². The lowest BCUT2D eigenvalue weighted by Gasteiger charge is -2.22. The molecule has 3 unspecified atom stereocenters.